The van der Waals surface area contributed by atoms with Crippen molar-refractivity contribution in [1.82, 2.24) is 0 Å². The first-order chi connectivity index (χ1) is 14.0. The van der Waals surface area contributed by atoms with E-state index in [0.29, 0.717) is 58.9 Å². The molecule has 31 heavy (non-hydrogen) atoms. The van der Waals surface area contributed by atoms with E-state index >= 15 is 0 Å². The first-order valence-electron chi connectivity index (χ1n) is 9.44. The van der Waals surface area contributed by atoms with E-state index < -0.39 is 33.7 Å². The van der Waals surface area contributed by atoms with Crippen LogP contribution in [0.1, 0.15) is 40.0 Å². The Kier molecular flexibility index (Phi) is 34.9. The third-order valence-corrected chi connectivity index (χ3v) is 4.44. The second kappa shape index (κ2) is 28.2. The third kappa shape index (κ3) is 32.4. The maximum Gasteiger partial charge on any atom is 3.00 e. The van der Waals surface area contributed by atoms with Gasteiger partial charge in [-0.1, -0.05) is 0 Å². The Labute approximate surface area is 218 Å². The molecule has 0 aromatic carbocycles. The summed E-state index contributed by atoms with van der Waals surface area (Å²) in [5.74, 6) is -3.41. The number of aliphatic carboxylic acids is 3. The van der Waals surface area contributed by atoms with E-state index in [1.165, 1.54) is 0 Å². The summed E-state index contributed by atoms with van der Waals surface area (Å²) in [6, 6.07) is 0. The molecule has 0 saturated heterocycles. The van der Waals surface area contributed by atoms with Crippen LogP contribution >= 0.6 is 37.9 Å². The molecule has 0 fully saturated rings. The fourth-order valence-corrected chi connectivity index (χ4v) is 1.69. The second-order valence-electron chi connectivity index (χ2n) is 5.46. The molecular formula is C18H33O9S3Sb. The smallest absolute Gasteiger partial charge is 0.549 e. The molecule has 9 nitrogen and oxygen atoms in total. The van der Waals surface area contributed by atoms with E-state index in [2.05, 4.69) is 37.9 Å². The van der Waals surface area contributed by atoms with Gasteiger partial charge in [0.1, 0.15) is 0 Å². The molecule has 0 rings (SSSR count). The molecule has 0 saturated carbocycles. The van der Waals surface area contributed by atoms with E-state index in [-0.39, 0.29) is 24.4 Å². The number of hydrogen-bond acceptors (Lipinski definition) is 12. The summed E-state index contributed by atoms with van der Waals surface area (Å²) >= 11 is 11.3. The monoisotopic (exact) mass is 610 g/mol. The minimum atomic E-state index is -1.14. The number of hydrogen-bond donors (Lipinski definition) is 3. The Bertz CT molecular complexity index is 384. The second-order valence-corrected chi connectivity index (χ2v) is 7.33. The topological polar surface area (TPSA) is 148 Å². The molecule has 0 amide bonds. The molecule has 0 heterocycles. The van der Waals surface area contributed by atoms with Gasteiger partial charge in [0.2, 0.25) is 0 Å². The average molecular weight is 611 g/mol. The fourth-order valence-electron chi connectivity index (χ4n) is 1.37. The SMILES string of the molecule is CCOCCC(S)C(=O)[O-].CCOCCC(S)C(=O)[O-].CCOCCC(S)C(=O)[O-].[Sb+3]. The van der Waals surface area contributed by atoms with Crippen LogP contribution in [0.3, 0.4) is 0 Å². The number of carboxylic acids is 3. The molecule has 0 aliphatic carbocycles. The van der Waals surface area contributed by atoms with Gasteiger partial charge in [0, 0.05) is 55.4 Å². The van der Waals surface area contributed by atoms with Crippen molar-refractivity contribution in [3.8, 4) is 0 Å². The first-order valence-corrected chi connectivity index (χ1v) is 11.0. The van der Waals surface area contributed by atoms with Crippen LogP contribution in [0.5, 0.6) is 0 Å². The number of carbonyl (C=O) groups excluding carboxylic acids is 3. The van der Waals surface area contributed by atoms with Crippen molar-refractivity contribution < 1.29 is 43.9 Å². The summed E-state index contributed by atoms with van der Waals surface area (Å²) < 4.78 is 14.7. The summed E-state index contributed by atoms with van der Waals surface area (Å²) in [6.07, 6.45) is 1.21. The molecule has 182 valence electrons. The van der Waals surface area contributed by atoms with E-state index in [1.807, 2.05) is 20.8 Å². The minimum Gasteiger partial charge on any atom is -0.549 e. The summed E-state index contributed by atoms with van der Waals surface area (Å²) in [5.41, 5.74) is 0. The molecule has 0 aliphatic heterocycles. The molecule has 0 bridgehead atoms. The van der Waals surface area contributed by atoms with Gasteiger partial charge in [-0.3, -0.25) is 0 Å². The van der Waals surface area contributed by atoms with Crippen LogP contribution in [0.25, 0.3) is 0 Å². The largest absolute Gasteiger partial charge is 3.00 e. The van der Waals surface area contributed by atoms with Crippen molar-refractivity contribution in [3.63, 3.8) is 0 Å². The maximum atomic E-state index is 10.1. The van der Waals surface area contributed by atoms with Crippen LogP contribution in [-0.2, 0) is 28.6 Å². The van der Waals surface area contributed by atoms with E-state index in [4.69, 9.17) is 14.2 Å². The summed E-state index contributed by atoms with van der Waals surface area (Å²) in [7, 11) is 0. The maximum absolute atomic E-state index is 10.1. The van der Waals surface area contributed by atoms with Crippen molar-refractivity contribution in [2.24, 2.45) is 0 Å². The van der Waals surface area contributed by atoms with Crippen LogP contribution in [0.15, 0.2) is 0 Å². The normalized spacial score (nSPS) is 12.6. The fraction of sp³-hybridized carbons (Fsp3) is 0.833. The third-order valence-electron chi connectivity index (χ3n) is 3.04. The van der Waals surface area contributed by atoms with E-state index in [9.17, 15) is 29.7 Å². The zero-order valence-corrected chi connectivity index (χ0v) is 23.3. The molecular weight excluding hydrogens is 578 g/mol. The molecule has 0 spiro atoms. The predicted octanol–water partition coefficient (Wildman–Crippen LogP) is -2.00. The van der Waals surface area contributed by atoms with Crippen LogP contribution in [0.4, 0.5) is 0 Å². The molecule has 0 N–H and O–H groups in total. The average Bonchev–Trinajstić information content (AvgIpc) is 2.69. The quantitative estimate of drug-likeness (QED) is 0.109. The molecule has 0 aromatic heterocycles. The predicted molar refractivity (Wildman–Crippen MR) is 122 cm³/mol. The Morgan fingerprint density at radius 2 is 0.806 bits per heavy atom. The van der Waals surface area contributed by atoms with Gasteiger partial charge in [-0.2, -0.15) is 37.9 Å². The van der Waals surface area contributed by atoms with Crippen LogP contribution in [0.2, 0.25) is 0 Å². The van der Waals surface area contributed by atoms with Crippen molar-refractivity contribution >= 4 is 80.2 Å². The van der Waals surface area contributed by atoms with Gasteiger partial charge >= 0.3 is 24.4 Å². The molecule has 3 unspecified atom stereocenters. The van der Waals surface area contributed by atoms with Gasteiger partial charge in [0.15, 0.2) is 0 Å². The minimum absolute atomic E-state index is 0. The van der Waals surface area contributed by atoms with Crippen molar-refractivity contribution in [2.75, 3.05) is 39.6 Å². The van der Waals surface area contributed by atoms with Crippen molar-refractivity contribution in [2.45, 2.75) is 55.8 Å². The number of carbonyl (C=O) groups is 3. The van der Waals surface area contributed by atoms with Gasteiger partial charge < -0.3 is 43.9 Å². The molecule has 0 aliphatic rings. The number of rotatable bonds is 15. The van der Waals surface area contributed by atoms with Gasteiger partial charge in [-0.25, -0.2) is 0 Å². The molecule has 13 heteroatoms. The number of carboxylic acid groups (broad SMARTS) is 3. The summed E-state index contributed by atoms with van der Waals surface area (Å²) in [4.78, 5) is 30.2. The van der Waals surface area contributed by atoms with Gasteiger partial charge in [-0.15, -0.1) is 0 Å². The summed E-state index contributed by atoms with van der Waals surface area (Å²) in [6.45, 7) is 8.66. The zero-order valence-electron chi connectivity index (χ0n) is 18.1. The Balaban J connectivity index is -0.000000174. The van der Waals surface area contributed by atoms with Crippen LogP contribution in [-0.4, -0.2) is 97.7 Å². The zero-order chi connectivity index (χ0) is 23.9. The molecule has 2 radical (unpaired) electrons. The first kappa shape index (κ1) is 38.4. The Morgan fingerprint density at radius 3 is 0.935 bits per heavy atom. The Hall–Kier alpha value is 0.158. The number of ether oxygens (including phenoxy) is 3. The van der Waals surface area contributed by atoms with Crippen LogP contribution < -0.4 is 15.3 Å². The van der Waals surface area contributed by atoms with Gasteiger partial charge in [0.05, 0.1) is 17.9 Å². The van der Waals surface area contributed by atoms with Crippen LogP contribution in [0, 0.1) is 0 Å². The molecule has 3 atom stereocenters. The van der Waals surface area contributed by atoms with Crippen molar-refractivity contribution in [3.05, 3.63) is 0 Å². The van der Waals surface area contributed by atoms with Gasteiger partial charge in [0.25, 0.3) is 0 Å². The summed E-state index contributed by atoms with van der Waals surface area (Å²) in [5, 5.41) is 28.0. The van der Waals surface area contributed by atoms with E-state index in [0.717, 1.165) is 0 Å². The number of thiol groups is 3. The van der Waals surface area contributed by atoms with Gasteiger partial charge in [-0.05, 0) is 40.0 Å². The van der Waals surface area contributed by atoms with E-state index in [1.54, 1.807) is 0 Å². The Morgan fingerprint density at radius 1 is 0.613 bits per heavy atom. The van der Waals surface area contributed by atoms with Crippen molar-refractivity contribution in [1.29, 1.82) is 0 Å². The standard InChI is InChI=1S/3C6H12O3S.Sb/c3*1-2-9-4-3-5(10)6(7)8;/h3*5,10H,2-4H2,1H3,(H,7,8);/q;;;+3/p-3. The molecule has 0 aromatic rings.